The van der Waals surface area contributed by atoms with Gasteiger partial charge in [0.05, 0.1) is 7.11 Å². The molecule has 106 valence electrons. The van der Waals surface area contributed by atoms with Crippen LogP contribution in [0.25, 0.3) is 10.8 Å². The maximum Gasteiger partial charge on any atom is 0.217 e. The van der Waals surface area contributed by atoms with Gasteiger partial charge in [0.2, 0.25) is 5.88 Å². The summed E-state index contributed by atoms with van der Waals surface area (Å²) in [4.78, 5) is 4.22. The molecule has 3 nitrogen and oxygen atoms in total. The van der Waals surface area contributed by atoms with E-state index in [0.717, 1.165) is 12.0 Å². The lowest BCUT2D eigenvalue weighted by atomic mass is 9.96. The van der Waals surface area contributed by atoms with Crippen LogP contribution in [0, 0.1) is 0 Å². The lowest BCUT2D eigenvalue weighted by Crippen LogP contribution is -2.15. The van der Waals surface area contributed by atoms with Gasteiger partial charge in [0, 0.05) is 17.8 Å². The summed E-state index contributed by atoms with van der Waals surface area (Å²) in [5, 5.41) is 2.48. The zero-order chi connectivity index (χ0) is 14.7. The number of hydrogen-bond donors (Lipinski definition) is 1. The highest BCUT2D eigenvalue weighted by molar-refractivity contribution is 5.85. The molecule has 0 aliphatic rings. The van der Waals surface area contributed by atoms with Crippen molar-refractivity contribution in [1.82, 2.24) is 4.98 Å². The third kappa shape index (κ3) is 2.73. The molecule has 3 aromatic rings. The molecule has 0 saturated heterocycles. The molecule has 1 heterocycles. The predicted octanol–water partition coefficient (Wildman–Crippen LogP) is 3.49. The highest BCUT2D eigenvalue weighted by Crippen LogP contribution is 2.26. The summed E-state index contributed by atoms with van der Waals surface area (Å²) in [6.45, 7) is 0. The molecule has 0 bridgehead atoms. The number of pyridine rings is 1. The number of nitrogens with zero attached hydrogens (tertiary/aromatic N) is 1. The van der Waals surface area contributed by atoms with Gasteiger partial charge >= 0.3 is 0 Å². The number of hydrogen-bond acceptors (Lipinski definition) is 3. The Bertz CT molecular complexity index is 750. The van der Waals surface area contributed by atoms with Crippen molar-refractivity contribution in [2.45, 2.75) is 12.5 Å². The van der Waals surface area contributed by atoms with E-state index in [1.165, 1.54) is 16.3 Å². The molecule has 3 heteroatoms. The molecule has 0 aliphatic carbocycles. The molecule has 0 amide bonds. The Kier molecular flexibility index (Phi) is 3.84. The fourth-order valence-electron chi connectivity index (χ4n) is 2.67. The first kappa shape index (κ1) is 13.6. The highest BCUT2D eigenvalue weighted by atomic mass is 16.5. The Labute approximate surface area is 124 Å². The van der Waals surface area contributed by atoms with Crippen LogP contribution in [0.5, 0.6) is 5.88 Å². The standard InChI is InChI=1S/C18H18N2O/c1-21-18-16(10-5-11-20-18)17(19)12-14-8-4-7-13-6-2-3-9-15(13)14/h2-11,17H,12,19H2,1H3. The Morgan fingerprint density at radius 2 is 1.86 bits per heavy atom. The Hall–Kier alpha value is -2.39. The average Bonchev–Trinajstić information content (AvgIpc) is 2.55. The second kappa shape index (κ2) is 5.94. The molecule has 0 saturated carbocycles. The van der Waals surface area contributed by atoms with Crippen molar-refractivity contribution >= 4 is 10.8 Å². The van der Waals surface area contributed by atoms with Crippen molar-refractivity contribution in [1.29, 1.82) is 0 Å². The first-order valence-corrected chi connectivity index (χ1v) is 7.00. The van der Waals surface area contributed by atoms with Crippen molar-refractivity contribution in [2.75, 3.05) is 7.11 Å². The Balaban J connectivity index is 1.95. The van der Waals surface area contributed by atoms with Gasteiger partial charge in [-0.3, -0.25) is 0 Å². The fraction of sp³-hybridized carbons (Fsp3) is 0.167. The van der Waals surface area contributed by atoms with Gasteiger partial charge in [-0.25, -0.2) is 4.98 Å². The minimum atomic E-state index is -0.139. The SMILES string of the molecule is COc1ncccc1C(N)Cc1cccc2ccccc12. The minimum absolute atomic E-state index is 0.139. The van der Waals surface area contributed by atoms with Crippen molar-refractivity contribution in [2.24, 2.45) is 5.73 Å². The van der Waals surface area contributed by atoms with E-state index in [4.69, 9.17) is 10.5 Å². The van der Waals surface area contributed by atoms with Gasteiger partial charge in [-0.2, -0.15) is 0 Å². The first-order chi connectivity index (χ1) is 10.3. The molecular weight excluding hydrogens is 260 g/mol. The summed E-state index contributed by atoms with van der Waals surface area (Å²) < 4.78 is 5.30. The zero-order valence-electron chi connectivity index (χ0n) is 12.0. The van der Waals surface area contributed by atoms with E-state index in [-0.39, 0.29) is 6.04 Å². The normalized spacial score (nSPS) is 12.3. The number of ether oxygens (including phenoxy) is 1. The monoisotopic (exact) mass is 278 g/mol. The third-order valence-corrected chi connectivity index (χ3v) is 3.71. The van der Waals surface area contributed by atoms with Crippen LogP contribution in [0.4, 0.5) is 0 Å². The molecule has 0 radical (unpaired) electrons. The molecular formula is C18H18N2O. The number of benzene rings is 2. The van der Waals surface area contributed by atoms with Crippen LogP contribution in [0.1, 0.15) is 17.2 Å². The van der Waals surface area contributed by atoms with E-state index in [0.29, 0.717) is 5.88 Å². The lowest BCUT2D eigenvalue weighted by molar-refractivity contribution is 0.388. The molecule has 1 unspecified atom stereocenters. The topological polar surface area (TPSA) is 48.1 Å². The van der Waals surface area contributed by atoms with Crippen molar-refractivity contribution < 1.29 is 4.74 Å². The van der Waals surface area contributed by atoms with Crippen LogP contribution >= 0.6 is 0 Å². The molecule has 1 aromatic heterocycles. The van der Waals surface area contributed by atoms with Crippen LogP contribution in [-0.2, 0) is 6.42 Å². The number of methoxy groups -OCH3 is 1. The largest absolute Gasteiger partial charge is 0.481 e. The molecule has 0 aliphatic heterocycles. The quantitative estimate of drug-likeness (QED) is 0.794. The van der Waals surface area contributed by atoms with E-state index in [9.17, 15) is 0 Å². The number of fused-ring (bicyclic) bond motifs is 1. The van der Waals surface area contributed by atoms with Gasteiger partial charge in [0.15, 0.2) is 0 Å². The summed E-state index contributed by atoms with van der Waals surface area (Å²) in [7, 11) is 1.62. The summed E-state index contributed by atoms with van der Waals surface area (Å²) in [5.41, 5.74) is 8.55. The number of aromatic nitrogens is 1. The second-order valence-corrected chi connectivity index (χ2v) is 5.05. The maximum atomic E-state index is 6.37. The Morgan fingerprint density at radius 1 is 1.05 bits per heavy atom. The first-order valence-electron chi connectivity index (χ1n) is 7.00. The van der Waals surface area contributed by atoms with E-state index in [1.54, 1.807) is 13.3 Å². The average molecular weight is 278 g/mol. The summed E-state index contributed by atoms with van der Waals surface area (Å²) in [6.07, 6.45) is 2.47. The van der Waals surface area contributed by atoms with Gasteiger partial charge < -0.3 is 10.5 Å². The third-order valence-electron chi connectivity index (χ3n) is 3.71. The Morgan fingerprint density at radius 3 is 2.71 bits per heavy atom. The molecule has 0 fully saturated rings. The minimum Gasteiger partial charge on any atom is -0.481 e. The molecule has 2 N–H and O–H groups in total. The lowest BCUT2D eigenvalue weighted by Gasteiger charge is -2.16. The van der Waals surface area contributed by atoms with Gasteiger partial charge in [-0.1, -0.05) is 48.5 Å². The smallest absolute Gasteiger partial charge is 0.217 e. The van der Waals surface area contributed by atoms with E-state index in [1.807, 2.05) is 12.1 Å². The van der Waals surface area contributed by atoms with Crippen molar-refractivity contribution in [3.8, 4) is 5.88 Å². The zero-order valence-corrected chi connectivity index (χ0v) is 12.0. The van der Waals surface area contributed by atoms with Gasteiger partial charge in [-0.15, -0.1) is 0 Å². The van der Waals surface area contributed by atoms with E-state index >= 15 is 0 Å². The highest BCUT2D eigenvalue weighted by Gasteiger charge is 2.14. The molecule has 1 atom stereocenters. The maximum absolute atomic E-state index is 6.37. The summed E-state index contributed by atoms with van der Waals surface area (Å²) >= 11 is 0. The van der Waals surface area contributed by atoms with Gasteiger partial charge in [0.25, 0.3) is 0 Å². The van der Waals surface area contributed by atoms with Gasteiger partial charge in [-0.05, 0) is 28.8 Å². The van der Waals surface area contributed by atoms with Crippen molar-refractivity contribution in [3.63, 3.8) is 0 Å². The second-order valence-electron chi connectivity index (χ2n) is 5.05. The number of rotatable bonds is 4. The van der Waals surface area contributed by atoms with Gasteiger partial charge in [0.1, 0.15) is 0 Å². The van der Waals surface area contributed by atoms with Crippen LogP contribution in [0.15, 0.2) is 60.8 Å². The van der Waals surface area contributed by atoms with Crippen LogP contribution in [0.3, 0.4) is 0 Å². The van der Waals surface area contributed by atoms with E-state index < -0.39 is 0 Å². The molecule has 21 heavy (non-hydrogen) atoms. The fourth-order valence-corrected chi connectivity index (χ4v) is 2.67. The van der Waals surface area contributed by atoms with E-state index in [2.05, 4.69) is 47.4 Å². The number of nitrogens with two attached hydrogens (primary N) is 1. The van der Waals surface area contributed by atoms with Crippen LogP contribution < -0.4 is 10.5 Å². The van der Waals surface area contributed by atoms with Crippen LogP contribution in [-0.4, -0.2) is 12.1 Å². The molecule has 0 spiro atoms. The summed E-state index contributed by atoms with van der Waals surface area (Å²) in [6, 6.07) is 18.4. The predicted molar refractivity (Wildman–Crippen MR) is 85.4 cm³/mol. The van der Waals surface area contributed by atoms with Crippen molar-refractivity contribution in [3.05, 3.63) is 71.9 Å². The van der Waals surface area contributed by atoms with Crippen LogP contribution in [0.2, 0.25) is 0 Å². The molecule has 2 aromatic carbocycles. The molecule has 3 rings (SSSR count). The summed E-state index contributed by atoms with van der Waals surface area (Å²) in [5.74, 6) is 0.602.